The number of nitrogens with two attached hydrogens (primary N) is 1. The van der Waals surface area contributed by atoms with Crippen molar-refractivity contribution in [1.29, 1.82) is 0 Å². The standard InChI is InChI=1S/C20H25N5O6/c21-16(27)10-13(24-18(29)12-7-8-17(28)22-12)20(31)25-9-3-5-14(25)19(30)23-11-4-1-2-6-15(11)26/h1-2,4,6,12-14,26H,3,5,7-10H2,(H2,21,27)(H,22,28)(H,23,30)(H,24,29)/t12-,13-,14-/m0/s1. The zero-order chi connectivity index (χ0) is 22.5. The molecule has 0 bridgehead atoms. The Morgan fingerprint density at radius 2 is 1.94 bits per heavy atom. The summed E-state index contributed by atoms with van der Waals surface area (Å²) in [5.74, 6) is -2.84. The quantitative estimate of drug-likeness (QED) is 0.345. The number of phenols is 1. The van der Waals surface area contributed by atoms with Crippen LogP contribution >= 0.6 is 0 Å². The van der Waals surface area contributed by atoms with Gasteiger partial charge in [0.25, 0.3) is 0 Å². The minimum absolute atomic E-state index is 0.107. The van der Waals surface area contributed by atoms with Crippen LogP contribution in [0.2, 0.25) is 0 Å². The van der Waals surface area contributed by atoms with Gasteiger partial charge in [0.05, 0.1) is 12.1 Å². The topological polar surface area (TPSA) is 171 Å². The highest BCUT2D eigenvalue weighted by Gasteiger charge is 2.39. The third-order valence-corrected chi connectivity index (χ3v) is 5.33. The summed E-state index contributed by atoms with van der Waals surface area (Å²) < 4.78 is 0. The van der Waals surface area contributed by atoms with Crippen LogP contribution in [-0.2, 0) is 24.0 Å². The number of nitrogens with one attached hydrogen (secondary N) is 3. The van der Waals surface area contributed by atoms with Gasteiger partial charge in [-0.3, -0.25) is 24.0 Å². The smallest absolute Gasteiger partial charge is 0.247 e. The van der Waals surface area contributed by atoms with E-state index in [0.29, 0.717) is 12.8 Å². The molecular formula is C20H25N5O6. The van der Waals surface area contributed by atoms with E-state index < -0.39 is 48.2 Å². The third-order valence-electron chi connectivity index (χ3n) is 5.33. The van der Waals surface area contributed by atoms with Gasteiger partial charge in [0.15, 0.2) is 0 Å². The summed E-state index contributed by atoms with van der Waals surface area (Å²) in [4.78, 5) is 62.5. The van der Waals surface area contributed by atoms with Crippen molar-refractivity contribution in [2.75, 3.05) is 11.9 Å². The third kappa shape index (κ3) is 5.30. The molecule has 2 fully saturated rings. The highest BCUT2D eigenvalue weighted by Crippen LogP contribution is 2.25. The Bertz CT molecular complexity index is 904. The van der Waals surface area contributed by atoms with Crippen molar-refractivity contribution in [2.45, 2.75) is 50.2 Å². The van der Waals surface area contributed by atoms with Gasteiger partial charge in [-0.15, -0.1) is 0 Å². The summed E-state index contributed by atoms with van der Waals surface area (Å²) in [6.07, 6.45) is 1.00. The molecule has 166 valence electrons. The number of nitrogens with zero attached hydrogens (tertiary/aromatic N) is 1. The molecule has 0 radical (unpaired) electrons. The van der Waals surface area contributed by atoms with Crippen LogP contribution in [-0.4, -0.2) is 64.2 Å². The molecule has 2 aliphatic rings. The number of aromatic hydroxyl groups is 1. The number of hydrogen-bond donors (Lipinski definition) is 5. The van der Waals surface area contributed by atoms with Crippen molar-refractivity contribution in [3.63, 3.8) is 0 Å². The fourth-order valence-corrected chi connectivity index (χ4v) is 3.78. The van der Waals surface area contributed by atoms with E-state index in [2.05, 4.69) is 16.0 Å². The zero-order valence-corrected chi connectivity index (χ0v) is 16.8. The maximum atomic E-state index is 13.1. The summed E-state index contributed by atoms with van der Waals surface area (Å²) in [5, 5.41) is 17.4. The molecule has 11 nitrogen and oxygen atoms in total. The SMILES string of the molecule is NC(=O)C[C@H](NC(=O)[C@@H]1CCC(=O)N1)C(=O)N1CCC[C@H]1C(=O)Nc1ccccc1O. The number of benzene rings is 1. The van der Waals surface area contributed by atoms with Gasteiger partial charge in [-0.05, 0) is 31.4 Å². The number of carbonyl (C=O) groups excluding carboxylic acids is 5. The molecule has 11 heteroatoms. The molecule has 3 rings (SSSR count). The second-order valence-corrected chi connectivity index (χ2v) is 7.59. The molecule has 3 atom stereocenters. The monoisotopic (exact) mass is 431 g/mol. The van der Waals surface area contributed by atoms with E-state index in [4.69, 9.17) is 5.73 Å². The van der Waals surface area contributed by atoms with Gasteiger partial charge in [0.2, 0.25) is 29.5 Å². The van der Waals surface area contributed by atoms with E-state index in [1.165, 1.54) is 17.0 Å². The molecule has 0 aromatic heterocycles. The molecule has 0 aliphatic carbocycles. The number of likely N-dealkylation sites (tertiary alicyclic amines) is 1. The van der Waals surface area contributed by atoms with Crippen LogP contribution in [0.3, 0.4) is 0 Å². The lowest BCUT2D eigenvalue weighted by Crippen LogP contribution is -2.56. The normalized spacial score (nSPS) is 21.3. The summed E-state index contributed by atoms with van der Waals surface area (Å²) in [5.41, 5.74) is 5.47. The number of primary amides is 1. The highest BCUT2D eigenvalue weighted by molar-refractivity contribution is 6.01. The van der Waals surface area contributed by atoms with Gasteiger partial charge in [0, 0.05) is 13.0 Å². The number of para-hydroxylation sites is 2. The Hall–Kier alpha value is -3.63. The maximum Gasteiger partial charge on any atom is 0.247 e. The second kappa shape index (κ2) is 9.45. The first-order valence-corrected chi connectivity index (χ1v) is 10.0. The fraction of sp³-hybridized carbons (Fsp3) is 0.450. The number of rotatable bonds is 7. The molecule has 0 spiro atoms. The lowest BCUT2D eigenvalue weighted by atomic mass is 10.1. The minimum Gasteiger partial charge on any atom is -0.506 e. The molecule has 1 aromatic rings. The first kappa shape index (κ1) is 22.1. The Morgan fingerprint density at radius 3 is 2.58 bits per heavy atom. The molecule has 5 amide bonds. The van der Waals surface area contributed by atoms with E-state index in [0.717, 1.165) is 0 Å². The summed E-state index contributed by atoms with van der Waals surface area (Å²) in [6.45, 7) is 0.267. The van der Waals surface area contributed by atoms with Gasteiger partial charge >= 0.3 is 0 Å². The second-order valence-electron chi connectivity index (χ2n) is 7.59. The summed E-state index contributed by atoms with van der Waals surface area (Å²) in [6, 6.07) is 3.35. The number of phenolic OH excluding ortho intramolecular Hbond substituents is 1. The largest absolute Gasteiger partial charge is 0.506 e. The van der Waals surface area contributed by atoms with Crippen LogP contribution in [0.1, 0.15) is 32.1 Å². The van der Waals surface area contributed by atoms with E-state index >= 15 is 0 Å². The van der Waals surface area contributed by atoms with Crippen LogP contribution in [0, 0.1) is 0 Å². The molecule has 2 aliphatic heterocycles. The van der Waals surface area contributed by atoms with E-state index in [9.17, 15) is 29.1 Å². The number of carbonyl (C=O) groups is 5. The highest BCUT2D eigenvalue weighted by atomic mass is 16.3. The molecule has 0 saturated carbocycles. The minimum atomic E-state index is -1.25. The average molecular weight is 431 g/mol. The van der Waals surface area contributed by atoms with Crippen LogP contribution in [0.5, 0.6) is 5.75 Å². The lowest BCUT2D eigenvalue weighted by molar-refractivity contribution is -0.141. The van der Waals surface area contributed by atoms with Gasteiger partial charge in [0.1, 0.15) is 23.9 Å². The first-order valence-electron chi connectivity index (χ1n) is 10.0. The van der Waals surface area contributed by atoms with Crippen molar-refractivity contribution >= 4 is 35.2 Å². The Balaban J connectivity index is 1.70. The van der Waals surface area contributed by atoms with Crippen molar-refractivity contribution in [3.8, 4) is 5.75 Å². The Kier molecular flexibility index (Phi) is 6.73. The summed E-state index contributed by atoms with van der Waals surface area (Å²) >= 11 is 0. The maximum absolute atomic E-state index is 13.1. The number of amides is 5. The molecule has 1 aromatic carbocycles. The lowest BCUT2D eigenvalue weighted by Gasteiger charge is -2.29. The zero-order valence-electron chi connectivity index (χ0n) is 16.8. The van der Waals surface area contributed by atoms with Gasteiger partial charge in [-0.1, -0.05) is 12.1 Å². The predicted molar refractivity (Wildman–Crippen MR) is 108 cm³/mol. The molecule has 2 heterocycles. The number of hydrogen-bond acceptors (Lipinski definition) is 6. The molecule has 2 saturated heterocycles. The average Bonchev–Trinajstić information content (AvgIpc) is 3.37. The molecular weight excluding hydrogens is 406 g/mol. The molecule has 6 N–H and O–H groups in total. The number of anilines is 1. The summed E-state index contributed by atoms with van der Waals surface area (Å²) in [7, 11) is 0. The molecule has 31 heavy (non-hydrogen) atoms. The van der Waals surface area contributed by atoms with Gasteiger partial charge < -0.3 is 31.7 Å². The molecule has 0 unspecified atom stereocenters. The van der Waals surface area contributed by atoms with Crippen molar-refractivity contribution in [1.82, 2.24) is 15.5 Å². The van der Waals surface area contributed by atoms with Gasteiger partial charge in [-0.25, -0.2) is 0 Å². The van der Waals surface area contributed by atoms with E-state index in [1.807, 2.05) is 0 Å². The first-order chi connectivity index (χ1) is 14.8. The van der Waals surface area contributed by atoms with Crippen LogP contribution in [0.15, 0.2) is 24.3 Å². The van der Waals surface area contributed by atoms with Crippen molar-refractivity contribution in [2.24, 2.45) is 5.73 Å². The Labute approximate surface area is 178 Å². The van der Waals surface area contributed by atoms with Crippen molar-refractivity contribution in [3.05, 3.63) is 24.3 Å². The van der Waals surface area contributed by atoms with Crippen molar-refractivity contribution < 1.29 is 29.1 Å². The fourth-order valence-electron chi connectivity index (χ4n) is 3.78. The van der Waals surface area contributed by atoms with Crippen LogP contribution < -0.4 is 21.7 Å². The van der Waals surface area contributed by atoms with E-state index in [-0.39, 0.29) is 36.7 Å². The van der Waals surface area contributed by atoms with Crippen LogP contribution in [0.4, 0.5) is 5.69 Å². The van der Waals surface area contributed by atoms with Gasteiger partial charge in [-0.2, -0.15) is 0 Å². The Morgan fingerprint density at radius 1 is 1.19 bits per heavy atom. The predicted octanol–water partition coefficient (Wildman–Crippen LogP) is -1.04. The van der Waals surface area contributed by atoms with E-state index in [1.54, 1.807) is 12.1 Å². The van der Waals surface area contributed by atoms with Crippen LogP contribution in [0.25, 0.3) is 0 Å².